The average molecular weight is 402 g/mol. The fraction of sp³-hybridized carbons (Fsp3) is 0.174. The van der Waals surface area contributed by atoms with Crippen LogP contribution in [0.25, 0.3) is 11.0 Å². The van der Waals surface area contributed by atoms with Gasteiger partial charge in [0.15, 0.2) is 0 Å². The number of anilines is 1. The van der Waals surface area contributed by atoms with Crippen molar-refractivity contribution in [1.82, 2.24) is 15.0 Å². The van der Waals surface area contributed by atoms with Gasteiger partial charge in [-0.25, -0.2) is 9.78 Å². The lowest BCUT2D eigenvalue weighted by molar-refractivity contribution is 0.102. The number of ether oxygens (including phenoxy) is 1. The largest absolute Gasteiger partial charge is 0.438 e. The van der Waals surface area contributed by atoms with E-state index in [1.54, 1.807) is 36.5 Å². The molecule has 2 aromatic carbocycles. The number of H-pyrrole nitrogens is 2. The summed E-state index contributed by atoms with van der Waals surface area (Å²) in [7, 11) is 0. The van der Waals surface area contributed by atoms with Gasteiger partial charge in [0, 0.05) is 11.9 Å². The van der Waals surface area contributed by atoms with Gasteiger partial charge in [-0.3, -0.25) is 4.79 Å². The molecule has 0 saturated carbocycles. The molecule has 2 aromatic heterocycles. The van der Waals surface area contributed by atoms with E-state index in [0.717, 1.165) is 0 Å². The molecule has 3 N–H and O–H groups in total. The third kappa shape index (κ3) is 4.10. The molecule has 2 heterocycles. The molecule has 0 atom stereocenters. The number of aromatic nitrogens is 3. The summed E-state index contributed by atoms with van der Waals surface area (Å²) in [5.41, 5.74) is 3.06. The lowest BCUT2D eigenvalue weighted by Crippen LogP contribution is -2.13. The van der Waals surface area contributed by atoms with Crippen LogP contribution in [0.5, 0.6) is 11.6 Å². The Hall–Kier alpha value is -3.87. The standard InChI is InChI=1S/C23H22N4O3/c1-23(2,3)14-6-9-16(10-7-14)30-21-17(5-4-12-24-21)20(28)25-15-8-11-18-19(13-15)27-22(29)26-18/h4-13H,1-3H3,(H,25,28)(H2,26,27,29). The number of aromatic amines is 2. The van der Waals surface area contributed by atoms with E-state index in [2.05, 4.69) is 41.0 Å². The molecule has 0 unspecified atom stereocenters. The minimum absolute atomic E-state index is 0.0411. The smallest absolute Gasteiger partial charge is 0.323 e. The van der Waals surface area contributed by atoms with Crippen molar-refractivity contribution >= 4 is 22.6 Å². The fourth-order valence-electron chi connectivity index (χ4n) is 3.09. The number of benzene rings is 2. The molecule has 0 radical (unpaired) electrons. The maximum atomic E-state index is 12.8. The number of imidazole rings is 1. The molecule has 0 aliphatic rings. The maximum absolute atomic E-state index is 12.8. The van der Waals surface area contributed by atoms with Crippen molar-refractivity contribution in [3.63, 3.8) is 0 Å². The number of hydrogen-bond acceptors (Lipinski definition) is 4. The van der Waals surface area contributed by atoms with E-state index in [4.69, 9.17) is 4.74 Å². The Bertz CT molecular complexity index is 1260. The highest BCUT2D eigenvalue weighted by Crippen LogP contribution is 2.28. The van der Waals surface area contributed by atoms with Crippen LogP contribution in [0.1, 0.15) is 36.7 Å². The molecule has 0 saturated heterocycles. The number of fused-ring (bicyclic) bond motifs is 1. The molecule has 0 fully saturated rings. The Morgan fingerprint density at radius 3 is 2.47 bits per heavy atom. The SMILES string of the molecule is CC(C)(C)c1ccc(Oc2ncccc2C(=O)Nc2ccc3[nH]c(=O)[nH]c3c2)cc1. The Morgan fingerprint density at radius 2 is 1.73 bits per heavy atom. The summed E-state index contributed by atoms with van der Waals surface area (Å²) in [6.07, 6.45) is 1.58. The van der Waals surface area contributed by atoms with Gasteiger partial charge in [-0.1, -0.05) is 32.9 Å². The molecule has 1 amide bonds. The summed E-state index contributed by atoms with van der Waals surface area (Å²) < 4.78 is 5.89. The highest BCUT2D eigenvalue weighted by atomic mass is 16.5. The van der Waals surface area contributed by atoms with E-state index in [1.165, 1.54) is 5.56 Å². The second-order valence-corrected chi connectivity index (χ2v) is 8.03. The molecule has 4 aromatic rings. The molecular weight excluding hydrogens is 380 g/mol. The third-order valence-corrected chi connectivity index (χ3v) is 4.72. The van der Waals surface area contributed by atoms with Crippen LogP contribution in [0.4, 0.5) is 5.69 Å². The van der Waals surface area contributed by atoms with Crippen molar-refractivity contribution in [1.29, 1.82) is 0 Å². The first-order chi connectivity index (χ1) is 14.3. The minimum atomic E-state index is -0.360. The van der Waals surface area contributed by atoms with Crippen molar-refractivity contribution < 1.29 is 9.53 Å². The predicted octanol–water partition coefficient (Wildman–Crippen LogP) is 4.59. The Balaban J connectivity index is 1.55. The Morgan fingerprint density at radius 1 is 1.00 bits per heavy atom. The zero-order valence-corrected chi connectivity index (χ0v) is 16.9. The van der Waals surface area contributed by atoms with Crippen LogP contribution in [0.3, 0.4) is 0 Å². The lowest BCUT2D eigenvalue weighted by Gasteiger charge is -2.19. The molecule has 7 heteroatoms. The first-order valence-electron chi connectivity index (χ1n) is 9.56. The molecule has 7 nitrogen and oxygen atoms in total. The van der Waals surface area contributed by atoms with Crippen LogP contribution >= 0.6 is 0 Å². The molecule has 30 heavy (non-hydrogen) atoms. The second-order valence-electron chi connectivity index (χ2n) is 8.03. The summed E-state index contributed by atoms with van der Waals surface area (Å²) >= 11 is 0. The van der Waals surface area contributed by atoms with Gasteiger partial charge in [-0.15, -0.1) is 0 Å². The monoisotopic (exact) mass is 402 g/mol. The highest BCUT2D eigenvalue weighted by molar-refractivity contribution is 6.06. The van der Waals surface area contributed by atoms with Gasteiger partial charge in [-0.05, 0) is 53.4 Å². The Kier molecular flexibility index (Phi) is 4.87. The number of carbonyl (C=O) groups excluding carboxylic acids is 1. The van der Waals surface area contributed by atoms with E-state index >= 15 is 0 Å². The van der Waals surface area contributed by atoms with Crippen molar-refractivity contribution in [3.05, 3.63) is 82.4 Å². The van der Waals surface area contributed by atoms with E-state index in [0.29, 0.717) is 28.0 Å². The predicted molar refractivity (Wildman–Crippen MR) is 116 cm³/mol. The van der Waals surface area contributed by atoms with Gasteiger partial charge in [0.05, 0.1) is 11.0 Å². The minimum Gasteiger partial charge on any atom is -0.438 e. The van der Waals surface area contributed by atoms with Gasteiger partial charge in [0.2, 0.25) is 5.88 Å². The summed E-state index contributed by atoms with van der Waals surface area (Å²) in [4.78, 5) is 33.8. The van der Waals surface area contributed by atoms with Crippen LogP contribution in [0.15, 0.2) is 65.6 Å². The van der Waals surface area contributed by atoms with E-state index in [-0.39, 0.29) is 22.9 Å². The quantitative estimate of drug-likeness (QED) is 0.465. The van der Waals surface area contributed by atoms with E-state index in [1.807, 2.05) is 24.3 Å². The normalized spacial score (nSPS) is 11.4. The first-order valence-corrected chi connectivity index (χ1v) is 9.56. The fourth-order valence-corrected chi connectivity index (χ4v) is 3.09. The topological polar surface area (TPSA) is 99.9 Å². The van der Waals surface area contributed by atoms with Crippen LogP contribution in [-0.2, 0) is 5.41 Å². The molecule has 152 valence electrons. The number of carbonyl (C=O) groups is 1. The molecule has 0 bridgehead atoms. The number of amides is 1. The summed E-state index contributed by atoms with van der Waals surface area (Å²) in [5, 5.41) is 2.82. The van der Waals surface area contributed by atoms with E-state index < -0.39 is 0 Å². The van der Waals surface area contributed by atoms with Crippen molar-refractivity contribution in [3.8, 4) is 11.6 Å². The van der Waals surface area contributed by atoms with Gasteiger partial charge >= 0.3 is 5.69 Å². The summed E-state index contributed by atoms with van der Waals surface area (Å²) in [6, 6.07) is 16.2. The third-order valence-electron chi connectivity index (χ3n) is 4.72. The van der Waals surface area contributed by atoms with Crippen LogP contribution in [0, 0.1) is 0 Å². The number of nitrogens with zero attached hydrogens (tertiary/aromatic N) is 1. The van der Waals surface area contributed by atoms with Crippen LogP contribution in [0.2, 0.25) is 0 Å². The van der Waals surface area contributed by atoms with Gasteiger partial charge in [-0.2, -0.15) is 0 Å². The molecule has 0 aliphatic carbocycles. The molecule has 4 rings (SSSR count). The highest BCUT2D eigenvalue weighted by Gasteiger charge is 2.16. The van der Waals surface area contributed by atoms with Crippen LogP contribution in [-0.4, -0.2) is 20.9 Å². The second kappa shape index (κ2) is 7.51. The van der Waals surface area contributed by atoms with Gasteiger partial charge < -0.3 is 20.0 Å². The number of pyridine rings is 1. The van der Waals surface area contributed by atoms with Crippen molar-refractivity contribution in [2.75, 3.05) is 5.32 Å². The van der Waals surface area contributed by atoms with Crippen LogP contribution < -0.4 is 15.7 Å². The maximum Gasteiger partial charge on any atom is 0.323 e. The van der Waals surface area contributed by atoms with E-state index in [9.17, 15) is 9.59 Å². The zero-order chi connectivity index (χ0) is 21.3. The van der Waals surface area contributed by atoms with Crippen molar-refractivity contribution in [2.24, 2.45) is 0 Å². The van der Waals surface area contributed by atoms with Crippen molar-refractivity contribution in [2.45, 2.75) is 26.2 Å². The molecule has 0 aliphatic heterocycles. The lowest BCUT2D eigenvalue weighted by atomic mass is 9.87. The van der Waals surface area contributed by atoms with Gasteiger partial charge in [0.25, 0.3) is 5.91 Å². The Labute approximate surface area is 173 Å². The summed E-state index contributed by atoms with van der Waals surface area (Å²) in [5.74, 6) is 0.457. The molecular formula is C23H22N4O3. The van der Waals surface area contributed by atoms with Gasteiger partial charge in [0.1, 0.15) is 11.3 Å². The number of hydrogen-bond donors (Lipinski definition) is 3. The molecule has 0 spiro atoms. The zero-order valence-electron chi connectivity index (χ0n) is 16.9. The summed E-state index contributed by atoms with van der Waals surface area (Å²) in [6.45, 7) is 6.43. The average Bonchev–Trinajstić information content (AvgIpc) is 3.07. The first kappa shape index (κ1) is 19.4. The number of rotatable bonds is 4. The number of nitrogens with one attached hydrogen (secondary N) is 3.